The van der Waals surface area contributed by atoms with Crippen LogP contribution in [0.5, 0.6) is 0 Å². The van der Waals surface area contributed by atoms with Gasteiger partial charge in [0.1, 0.15) is 0 Å². The Morgan fingerprint density at radius 1 is 1.20 bits per heavy atom. The van der Waals surface area contributed by atoms with E-state index in [0.29, 0.717) is 5.69 Å². The van der Waals surface area contributed by atoms with Gasteiger partial charge in [-0.05, 0) is 22.6 Å². The summed E-state index contributed by atoms with van der Waals surface area (Å²) in [6.45, 7) is 0. The van der Waals surface area contributed by atoms with Crippen LogP contribution in [0.2, 0.25) is 0 Å². The van der Waals surface area contributed by atoms with Crippen molar-refractivity contribution in [3.05, 3.63) is 30.3 Å². The van der Waals surface area contributed by atoms with Crippen molar-refractivity contribution in [3.8, 4) is 5.69 Å². The Balaban J connectivity index is 2.61. The molecule has 15 heavy (non-hydrogen) atoms. The molecule has 7 nitrogen and oxygen atoms in total. The molecule has 0 bridgehead atoms. The van der Waals surface area contributed by atoms with Gasteiger partial charge in [-0.15, -0.1) is 0 Å². The maximum atomic E-state index is 11.1. The van der Waals surface area contributed by atoms with Gasteiger partial charge in [-0.25, -0.2) is 13.6 Å². The van der Waals surface area contributed by atoms with Crippen LogP contribution in [0.15, 0.2) is 35.5 Å². The lowest BCUT2D eigenvalue weighted by molar-refractivity contribution is 0.582. The van der Waals surface area contributed by atoms with Gasteiger partial charge in [0.2, 0.25) is 0 Å². The Kier molecular flexibility index (Phi) is 2.21. The van der Waals surface area contributed by atoms with Gasteiger partial charge in [0.05, 0.1) is 5.69 Å². The zero-order chi connectivity index (χ0) is 10.9. The SMILES string of the molecule is NS(=O)(=O)c1nnnn1-c1ccccc1. The molecule has 0 fully saturated rings. The first kappa shape index (κ1) is 9.74. The smallest absolute Gasteiger partial charge is 0.222 e. The van der Waals surface area contributed by atoms with Crippen LogP contribution in [-0.4, -0.2) is 28.6 Å². The molecule has 2 N–H and O–H groups in total. The number of para-hydroxylation sites is 1. The van der Waals surface area contributed by atoms with Gasteiger partial charge in [-0.2, -0.15) is 4.68 Å². The number of hydrogen-bond acceptors (Lipinski definition) is 5. The number of nitrogens with two attached hydrogens (primary N) is 1. The largest absolute Gasteiger partial charge is 0.287 e. The average molecular weight is 225 g/mol. The molecular weight excluding hydrogens is 218 g/mol. The van der Waals surface area contributed by atoms with Crippen LogP contribution in [0.4, 0.5) is 0 Å². The molecule has 2 aromatic rings. The third-order valence-electron chi connectivity index (χ3n) is 1.70. The maximum absolute atomic E-state index is 11.1. The molecule has 78 valence electrons. The van der Waals surface area contributed by atoms with E-state index in [-0.39, 0.29) is 5.16 Å². The molecule has 1 aromatic heterocycles. The Bertz CT molecular complexity index is 562. The van der Waals surface area contributed by atoms with Gasteiger partial charge in [-0.3, -0.25) is 0 Å². The van der Waals surface area contributed by atoms with Gasteiger partial charge < -0.3 is 0 Å². The second kappa shape index (κ2) is 3.41. The number of aromatic nitrogens is 4. The van der Waals surface area contributed by atoms with E-state index in [1.165, 1.54) is 0 Å². The molecule has 0 saturated heterocycles. The zero-order valence-corrected chi connectivity index (χ0v) is 8.29. The van der Waals surface area contributed by atoms with E-state index in [1.807, 2.05) is 0 Å². The molecule has 8 heteroatoms. The van der Waals surface area contributed by atoms with Crippen molar-refractivity contribution in [2.45, 2.75) is 5.16 Å². The predicted octanol–water partition coefficient (Wildman–Crippen LogP) is -0.690. The average Bonchev–Trinajstić information content (AvgIpc) is 2.67. The van der Waals surface area contributed by atoms with Crippen molar-refractivity contribution in [2.24, 2.45) is 5.14 Å². The predicted molar refractivity (Wildman–Crippen MR) is 50.5 cm³/mol. The Morgan fingerprint density at radius 2 is 1.87 bits per heavy atom. The monoisotopic (exact) mass is 225 g/mol. The minimum absolute atomic E-state index is 0.381. The van der Waals surface area contributed by atoms with Crippen LogP contribution in [-0.2, 0) is 10.0 Å². The first-order chi connectivity index (χ1) is 7.09. The molecule has 0 spiro atoms. The van der Waals surface area contributed by atoms with Gasteiger partial charge >= 0.3 is 0 Å². The van der Waals surface area contributed by atoms with E-state index in [9.17, 15) is 8.42 Å². The molecule has 0 aliphatic heterocycles. The number of rotatable bonds is 2. The molecule has 0 saturated carbocycles. The Labute approximate surface area is 85.6 Å². The van der Waals surface area contributed by atoms with Crippen LogP contribution in [0.25, 0.3) is 5.69 Å². The van der Waals surface area contributed by atoms with Crippen molar-refractivity contribution in [3.63, 3.8) is 0 Å². The molecule has 1 aromatic carbocycles. The number of benzene rings is 1. The summed E-state index contributed by atoms with van der Waals surface area (Å²) in [6, 6.07) is 8.62. The highest BCUT2D eigenvalue weighted by Crippen LogP contribution is 2.09. The lowest BCUT2D eigenvalue weighted by atomic mass is 10.3. The highest BCUT2D eigenvalue weighted by atomic mass is 32.2. The number of sulfonamides is 1. The molecule has 0 aliphatic carbocycles. The number of hydrogen-bond donors (Lipinski definition) is 1. The van der Waals surface area contributed by atoms with Crippen LogP contribution in [0.3, 0.4) is 0 Å². The van der Waals surface area contributed by atoms with Crippen molar-refractivity contribution in [1.29, 1.82) is 0 Å². The third kappa shape index (κ3) is 1.85. The summed E-state index contributed by atoms with van der Waals surface area (Å²) in [6.07, 6.45) is 0. The van der Waals surface area contributed by atoms with Crippen molar-refractivity contribution in [1.82, 2.24) is 20.2 Å². The van der Waals surface area contributed by atoms with Crippen LogP contribution >= 0.6 is 0 Å². The van der Waals surface area contributed by atoms with Crippen LogP contribution < -0.4 is 5.14 Å². The normalized spacial score (nSPS) is 11.5. The van der Waals surface area contributed by atoms with Crippen LogP contribution in [0.1, 0.15) is 0 Å². The Morgan fingerprint density at radius 3 is 2.47 bits per heavy atom. The summed E-state index contributed by atoms with van der Waals surface area (Å²) in [5, 5.41) is 14.7. The second-order valence-electron chi connectivity index (χ2n) is 2.75. The standard InChI is InChI=1S/C7H7N5O2S/c8-15(13,14)7-9-10-11-12(7)6-4-2-1-3-5-6/h1-5H,(H2,8,13,14). The summed E-state index contributed by atoms with van der Waals surface area (Å²) in [7, 11) is -3.91. The minimum Gasteiger partial charge on any atom is -0.222 e. The molecule has 2 rings (SSSR count). The van der Waals surface area contributed by atoms with Crippen LogP contribution in [0, 0.1) is 0 Å². The lowest BCUT2D eigenvalue weighted by Gasteiger charge is -2.01. The van der Waals surface area contributed by atoms with Crippen molar-refractivity contribution < 1.29 is 8.42 Å². The van der Waals surface area contributed by atoms with Gasteiger partial charge in [0.15, 0.2) is 0 Å². The summed E-state index contributed by atoms with van der Waals surface area (Å²) in [5.74, 6) is 0. The van der Waals surface area contributed by atoms with E-state index in [1.54, 1.807) is 30.3 Å². The summed E-state index contributed by atoms with van der Waals surface area (Å²) < 4.78 is 23.3. The number of nitrogens with zero attached hydrogens (tertiary/aromatic N) is 4. The first-order valence-electron chi connectivity index (χ1n) is 3.95. The summed E-state index contributed by atoms with van der Waals surface area (Å²) >= 11 is 0. The van der Waals surface area contributed by atoms with Gasteiger partial charge in [0.25, 0.3) is 15.2 Å². The van der Waals surface area contributed by atoms with E-state index >= 15 is 0 Å². The molecule has 0 unspecified atom stereocenters. The second-order valence-corrected chi connectivity index (χ2v) is 4.21. The minimum atomic E-state index is -3.91. The number of primary sulfonamides is 1. The maximum Gasteiger partial charge on any atom is 0.287 e. The lowest BCUT2D eigenvalue weighted by Crippen LogP contribution is -2.18. The van der Waals surface area contributed by atoms with Gasteiger partial charge in [0, 0.05) is 0 Å². The van der Waals surface area contributed by atoms with Gasteiger partial charge in [-0.1, -0.05) is 23.3 Å². The quantitative estimate of drug-likeness (QED) is 0.728. The highest BCUT2D eigenvalue weighted by Gasteiger charge is 2.18. The molecule has 1 heterocycles. The molecule has 0 radical (unpaired) electrons. The molecular formula is C7H7N5O2S. The summed E-state index contributed by atoms with van der Waals surface area (Å²) in [4.78, 5) is 0. The Hall–Kier alpha value is -1.80. The highest BCUT2D eigenvalue weighted by molar-refractivity contribution is 7.89. The fraction of sp³-hybridized carbons (Fsp3) is 0. The van der Waals surface area contributed by atoms with E-state index in [0.717, 1.165) is 4.68 Å². The van der Waals surface area contributed by atoms with E-state index < -0.39 is 10.0 Å². The third-order valence-corrected chi connectivity index (χ3v) is 2.46. The molecule has 0 amide bonds. The zero-order valence-electron chi connectivity index (χ0n) is 7.48. The fourth-order valence-corrected chi connectivity index (χ4v) is 1.62. The topological polar surface area (TPSA) is 104 Å². The summed E-state index contributed by atoms with van der Waals surface area (Å²) in [5.41, 5.74) is 0.534. The molecule has 0 atom stereocenters. The van der Waals surface area contributed by atoms with E-state index in [2.05, 4.69) is 15.5 Å². The number of tetrazole rings is 1. The van der Waals surface area contributed by atoms with E-state index in [4.69, 9.17) is 5.14 Å². The fourth-order valence-electron chi connectivity index (χ4n) is 1.09. The van der Waals surface area contributed by atoms with Crippen molar-refractivity contribution >= 4 is 10.0 Å². The first-order valence-corrected chi connectivity index (χ1v) is 5.50. The van der Waals surface area contributed by atoms with Crippen molar-refractivity contribution in [2.75, 3.05) is 0 Å². The molecule has 0 aliphatic rings.